The molecule has 116 valence electrons. The monoisotopic (exact) mass is 296 g/mol. The van der Waals surface area contributed by atoms with E-state index in [2.05, 4.69) is 40.1 Å². The minimum atomic E-state index is 0.336. The van der Waals surface area contributed by atoms with Crippen LogP contribution < -0.4 is 4.90 Å². The molecular weight excluding hydrogens is 272 g/mol. The van der Waals surface area contributed by atoms with Crippen LogP contribution in [0.25, 0.3) is 0 Å². The van der Waals surface area contributed by atoms with Crippen LogP contribution in [0.5, 0.6) is 5.75 Å². The lowest BCUT2D eigenvalue weighted by Crippen LogP contribution is -2.46. The van der Waals surface area contributed by atoms with Crippen molar-refractivity contribution in [2.24, 2.45) is 0 Å². The van der Waals surface area contributed by atoms with Crippen molar-refractivity contribution in [1.82, 2.24) is 4.90 Å². The zero-order chi connectivity index (χ0) is 15.2. The van der Waals surface area contributed by atoms with Gasteiger partial charge in [0.1, 0.15) is 5.75 Å². The Balaban J connectivity index is 1.41. The lowest BCUT2D eigenvalue weighted by atomic mass is 10.1. The summed E-state index contributed by atoms with van der Waals surface area (Å²) in [6.07, 6.45) is 2.39. The molecule has 1 saturated heterocycles. The van der Waals surface area contributed by atoms with Crippen LogP contribution in [0.15, 0.2) is 54.6 Å². The van der Waals surface area contributed by atoms with E-state index in [4.69, 9.17) is 0 Å². The highest BCUT2D eigenvalue weighted by atomic mass is 16.3. The topological polar surface area (TPSA) is 26.7 Å². The molecule has 2 aromatic carbocycles. The van der Waals surface area contributed by atoms with Crippen molar-refractivity contribution in [3.63, 3.8) is 0 Å². The fraction of sp³-hybridized carbons (Fsp3) is 0.368. The molecular formula is C19H24N2O. The average Bonchev–Trinajstić information content (AvgIpc) is 2.57. The largest absolute Gasteiger partial charge is 0.508 e. The van der Waals surface area contributed by atoms with Gasteiger partial charge in [0.15, 0.2) is 0 Å². The predicted molar refractivity (Wildman–Crippen MR) is 91.5 cm³/mol. The van der Waals surface area contributed by atoms with Gasteiger partial charge in [0.2, 0.25) is 0 Å². The zero-order valence-electron chi connectivity index (χ0n) is 13.0. The number of benzene rings is 2. The van der Waals surface area contributed by atoms with Gasteiger partial charge in [-0.25, -0.2) is 0 Å². The third kappa shape index (κ3) is 4.01. The molecule has 3 rings (SSSR count). The molecule has 2 aromatic rings. The molecule has 3 nitrogen and oxygen atoms in total. The van der Waals surface area contributed by atoms with Gasteiger partial charge in [-0.15, -0.1) is 0 Å². The highest BCUT2D eigenvalue weighted by Gasteiger charge is 2.16. The van der Waals surface area contributed by atoms with Gasteiger partial charge in [0.05, 0.1) is 0 Å². The molecule has 0 radical (unpaired) electrons. The second kappa shape index (κ2) is 7.32. The number of nitrogens with zero attached hydrogens (tertiary/aromatic N) is 2. The molecule has 1 heterocycles. The molecule has 0 aromatic heterocycles. The average molecular weight is 296 g/mol. The van der Waals surface area contributed by atoms with Gasteiger partial charge in [-0.05, 0) is 49.2 Å². The number of hydrogen-bond donors (Lipinski definition) is 1. The normalized spacial score (nSPS) is 15.9. The van der Waals surface area contributed by atoms with Gasteiger partial charge in [-0.1, -0.05) is 30.3 Å². The van der Waals surface area contributed by atoms with Gasteiger partial charge in [-0.3, -0.25) is 4.90 Å². The standard InChI is InChI=1S/C19H24N2O/c22-19-10-8-18(9-11-19)21-15-13-20(14-16-21)12-4-7-17-5-2-1-3-6-17/h1-3,5-6,8-11,22H,4,7,12-16H2. The second-order valence-corrected chi connectivity index (χ2v) is 5.93. The Morgan fingerprint density at radius 2 is 1.50 bits per heavy atom. The first kappa shape index (κ1) is 14.9. The van der Waals surface area contributed by atoms with Crippen molar-refractivity contribution in [3.8, 4) is 5.75 Å². The minimum absolute atomic E-state index is 0.336. The maximum atomic E-state index is 9.36. The first-order chi connectivity index (χ1) is 10.8. The quantitative estimate of drug-likeness (QED) is 0.918. The van der Waals surface area contributed by atoms with Crippen LogP contribution >= 0.6 is 0 Å². The van der Waals surface area contributed by atoms with Crippen LogP contribution in [0.2, 0.25) is 0 Å². The summed E-state index contributed by atoms with van der Waals surface area (Å²) in [6.45, 7) is 5.55. The van der Waals surface area contributed by atoms with E-state index in [1.807, 2.05) is 12.1 Å². The van der Waals surface area contributed by atoms with Gasteiger partial charge in [-0.2, -0.15) is 0 Å². The van der Waals surface area contributed by atoms with Crippen molar-refractivity contribution in [3.05, 3.63) is 60.2 Å². The Bertz CT molecular complexity index is 560. The van der Waals surface area contributed by atoms with Gasteiger partial charge >= 0.3 is 0 Å². The summed E-state index contributed by atoms with van der Waals surface area (Å²) in [6, 6.07) is 18.3. The number of piperazine rings is 1. The summed E-state index contributed by atoms with van der Waals surface area (Å²) in [5.74, 6) is 0.336. The third-order valence-electron chi connectivity index (χ3n) is 4.37. The number of aromatic hydroxyl groups is 1. The van der Waals surface area contributed by atoms with E-state index < -0.39 is 0 Å². The molecule has 22 heavy (non-hydrogen) atoms. The van der Waals surface area contributed by atoms with E-state index in [0.717, 1.165) is 26.2 Å². The summed E-state index contributed by atoms with van der Waals surface area (Å²) < 4.78 is 0. The molecule has 1 fully saturated rings. The van der Waals surface area contributed by atoms with Gasteiger partial charge in [0, 0.05) is 31.9 Å². The van der Waals surface area contributed by atoms with Crippen molar-refractivity contribution >= 4 is 5.69 Å². The summed E-state index contributed by atoms with van der Waals surface area (Å²) in [5, 5.41) is 9.36. The fourth-order valence-electron chi connectivity index (χ4n) is 3.04. The summed E-state index contributed by atoms with van der Waals surface area (Å²) in [7, 11) is 0. The van der Waals surface area contributed by atoms with E-state index >= 15 is 0 Å². The van der Waals surface area contributed by atoms with Crippen molar-refractivity contribution in [1.29, 1.82) is 0 Å². The lowest BCUT2D eigenvalue weighted by molar-refractivity contribution is 0.255. The van der Waals surface area contributed by atoms with Gasteiger partial charge < -0.3 is 10.0 Å². The molecule has 0 aliphatic carbocycles. The molecule has 1 aliphatic rings. The smallest absolute Gasteiger partial charge is 0.115 e. The Labute approximate surface area is 132 Å². The number of hydrogen-bond acceptors (Lipinski definition) is 3. The maximum Gasteiger partial charge on any atom is 0.115 e. The fourth-order valence-corrected chi connectivity index (χ4v) is 3.04. The highest BCUT2D eigenvalue weighted by Crippen LogP contribution is 2.19. The summed E-state index contributed by atoms with van der Waals surface area (Å²) in [5.41, 5.74) is 2.65. The Morgan fingerprint density at radius 1 is 0.818 bits per heavy atom. The van der Waals surface area contributed by atoms with E-state index in [1.54, 1.807) is 12.1 Å². The van der Waals surface area contributed by atoms with Crippen LogP contribution in [-0.4, -0.2) is 42.7 Å². The van der Waals surface area contributed by atoms with E-state index in [1.165, 1.54) is 30.6 Å². The third-order valence-corrected chi connectivity index (χ3v) is 4.37. The first-order valence-corrected chi connectivity index (χ1v) is 8.11. The van der Waals surface area contributed by atoms with Gasteiger partial charge in [0.25, 0.3) is 0 Å². The molecule has 1 aliphatic heterocycles. The summed E-state index contributed by atoms with van der Waals surface area (Å²) in [4.78, 5) is 4.95. The number of phenols is 1. The molecule has 3 heteroatoms. The van der Waals surface area contributed by atoms with Crippen LogP contribution in [0.3, 0.4) is 0 Å². The molecule has 0 amide bonds. The van der Waals surface area contributed by atoms with Crippen LogP contribution in [0.1, 0.15) is 12.0 Å². The van der Waals surface area contributed by atoms with Crippen LogP contribution in [0, 0.1) is 0 Å². The van der Waals surface area contributed by atoms with E-state index in [9.17, 15) is 5.11 Å². The minimum Gasteiger partial charge on any atom is -0.508 e. The maximum absolute atomic E-state index is 9.36. The van der Waals surface area contributed by atoms with Crippen molar-refractivity contribution in [2.45, 2.75) is 12.8 Å². The SMILES string of the molecule is Oc1ccc(N2CCN(CCCc3ccccc3)CC2)cc1. The Kier molecular flexibility index (Phi) is 4.96. The molecule has 1 N–H and O–H groups in total. The molecule has 0 bridgehead atoms. The number of anilines is 1. The molecule has 0 spiro atoms. The predicted octanol–water partition coefficient (Wildman–Crippen LogP) is 3.15. The molecule has 0 saturated carbocycles. The molecule has 0 unspecified atom stereocenters. The number of aryl methyl sites for hydroxylation is 1. The number of phenolic OH excluding ortho intramolecular Hbond substituents is 1. The Hall–Kier alpha value is -2.00. The Morgan fingerprint density at radius 3 is 2.18 bits per heavy atom. The van der Waals surface area contributed by atoms with Crippen molar-refractivity contribution < 1.29 is 5.11 Å². The first-order valence-electron chi connectivity index (χ1n) is 8.11. The highest BCUT2D eigenvalue weighted by molar-refractivity contribution is 5.49. The van der Waals surface area contributed by atoms with Crippen LogP contribution in [-0.2, 0) is 6.42 Å². The summed E-state index contributed by atoms with van der Waals surface area (Å²) >= 11 is 0. The van der Waals surface area contributed by atoms with Crippen molar-refractivity contribution in [2.75, 3.05) is 37.6 Å². The van der Waals surface area contributed by atoms with E-state index in [0.29, 0.717) is 5.75 Å². The number of rotatable bonds is 5. The lowest BCUT2D eigenvalue weighted by Gasteiger charge is -2.36. The van der Waals surface area contributed by atoms with E-state index in [-0.39, 0.29) is 0 Å². The van der Waals surface area contributed by atoms with Crippen LogP contribution in [0.4, 0.5) is 5.69 Å². The molecule has 0 atom stereocenters. The second-order valence-electron chi connectivity index (χ2n) is 5.93. The zero-order valence-corrected chi connectivity index (χ0v) is 13.0.